The molecule has 0 bridgehead atoms. The number of methoxy groups -OCH3 is 1. The first-order valence-electron chi connectivity index (χ1n) is 8.49. The summed E-state index contributed by atoms with van der Waals surface area (Å²) >= 11 is 0. The zero-order chi connectivity index (χ0) is 17.2. The lowest BCUT2D eigenvalue weighted by Gasteiger charge is -2.41. The van der Waals surface area contributed by atoms with Gasteiger partial charge in [-0.25, -0.2) is 0 Å². The van der Waals surface area contributed by atoms with Crippen molar-refractivity contribution in [3.05, 3.63) is 47.8 Å². The second-order valence-corrected chi connectivity index (χ2v) is 6.89. The average Bonchev–Trinajstić information content (AvgIpc) is 3.02. The molecule has 1 aliphatic heterocycles. The Labute approximate surface area is 144 Å². The fraction of sp³-hybridized carbons (Fsp3) is 0.526. The molecule has 5 heteroatoms. The Kier molecular flexibility index (Phi) is 4.92. The van der Waals surface area contributed by atoms with Gasteiger partial charge in [0.1, 0.15) is 11.4 Å². The number of morpholine rings is 1. The predicted octanol–water partition coefficient (Wildman–Crippen LogP) is 2.78. The summed E-state index contributed by atoms with van der Waals surface area (Å²) in [7, 11) is 3.64. The van der Waals surface area contributed by atoms with Crippen molar-refractivity contribution in [3.8, 4) is 5.75 Å². The second-order valence-electron chi connectivity index (χ2n) is 6.89. The van der Waals surface area contributed by atoms with Gasteiger partial charge in [-0.1, -0.05) is 19.1 Å². The molecule has 0 aliphatic carbocycles. The van der Waals surface area contributed by atoms with Crippen LogP contribution in [0.3, 0.4) is 0 Å². The number of ether oxygens (including phenoxy) is 2. The highest BCUT2D eigenvalue weighted by Crippen LogP contribution is 2.30. The van der Waals surface area contributed by atoms with Crippen molar-refractivity contribution in [2.24, 2.45) is 7.05 Å². The number of aromatic nitrogens is 2. The number of aryl methyl sites for hydroxylation is 1. The van der Waals surface area contributed by atoms with Crippen LogP contribution in [-0.4, -0.2) is 48.0 Å². The fourth-order valence-electron chi connectivity index (χ4n) is 3.40. The summed E-state index contributed by atoms with van der Waals surface area (Å²) in [4.78, 5) is 2.49. The van der Waals surface area contributed by atoms with Gasteiger partial charge in [0.15, 0.2) is 0 Å². The highest BCUT2D eigenvalue weighted by molar-refractivity contribution is 5.29. The van der Waals surface area contributed by atoms with Crippen LogP contribution in [0.5, 0.6) is 5.75 Å². The smallest absolute Gasteiger partial charge is 0.118 e. The Balaban J connectivity index is 1.66. The fourth-order valence-corrected chi connectivity index (χ4v) is 3.40. The van der Waals surface area contributed by atoms with Gasteiger partial charge in [-0.05, 0) is 30.5 Å². The van der Waals surface area contributed by atoms with Crippen molar-refractivity contribution in [2.45, 2.75) is 25.4 Å². The second kappa shape index (κ2) is 6.95. The Hall–Kier alpha value is -1.85. The van der Waals surface area contributed by atoms with Crippen LogP contribution >= 0.6 is 0 Å². The van der Waals surface area contributed by atoms with Crippen molar-refractivity contribution in [1.82, 2.24) is 14.7 Å². The minimum absolute atomic E-state index is 0.286. The molecule has 1 aromatic carbocycles. The molecule has 1 saturated heterocycles. The number of benzene rings is 1. The van der Waals surface area contributed by atoms with E-state index in [0.29, 0.717) is 5.92 Å². The molecule has 0 amide bonds. The van der Waals surface area contributed by atoms with Crippen LogP contribution in [0.15, 0.2) is 36.7 Å². The molecule has 1 aromatic heterocycles. The molecule has 5 nitrogen and oxygen atoms in total. The topological polar surface area (TPSA) is 39.5 Å². The Bertz CT molecular complexity index is 668. The quantitative estimate of drug-likeness (QED) is 0.846. The van der Waals surface area contributed by atoms with Crippen molar-refractivity contribution in [3.63, 3.8) is 0 Å². The summed E-state index contributed by atoms with van der Waals surface area (Å²) in [5.41, 5.74) is 2.20. The highest BCUT2D eigenvalue weighted by Gasteiger charge is 2.35. The van der Waals surface area contributed by atoms with Crippen molar-refractivity contribution < 1.29 is 9.47 Å². The maximum absolute atomic E-state index is 6.10. The van der Waals surface area contributed by atoms with E-state index < -0.39 is 0 Å². The van der Waals surface area contributed by atoms with Gasteiger partial charge in [0.05, 0.1) is 19.9 Å². The van der Waals surface area contributed by atoms with E-state index in [2.05, 4.69) is 42.2 Å². The molecule has 3 rings (SSSR count). The molecule has 2 heterocycles. The molecule has 0 N–H and O–H groups in total. The largest absolute Gasteiger partial charge is 0.497 e. The summed E-state index contributed by atoms with van der Waals surface area (Å²) in [5, 5.41) is 4.29. The third kappa shape index (κ3) is 3.62. The Morgan fingerprint density at radius 1 is 1.33 bits per heavy atom. The van der Waals surface area contributed by atoms with Crippen LogP contribution < -0.4 is 4.74 Å². The highest BCUT2D eigenvalue weighted by atomic mass is 16.5. The van der Waals surface area contributed by atoms with Gasteiger partial charge >= 0.3 is 0 Å². The molecule has 130 valence electrons. The van der Waals surface area contributed by atoms with E-state index in [1.165, 1.54) is 5.56 Å². The molecule has 2 aromatic rings. The van der Waals surface area contributed by atoms with Gasteiger partial charge in [0.25, 0.3) is 0 Å². The molecule has 0 unspecified atom stereocenters. The number of hydrogen-bond donors (Lipinski definition) is 0. The number of rotatable bonds is 5. The minimum atomic E-state index is -0.286. The van der Waals surface area contributed by atoms with Crippen LogP contribution in [0.1, 0.15) is 30.9 Å². The summed E-state index contributed by atoms with van der Waals surface area (Å²) in [6.45, 7) is 8.06. The van der Waals surface area contributed by atoms with E-state index in [-0.39, 0.29) is 5.60 Å². The third-order valence-corrected chi connectivity index (χ3v) is 4.89. The lowest BCUT2D eigenvalue weighted by molar-refractivity contribution is -0.104. The van der Waals surface area contributed by atoms with Gasteiger partial charge < -0.3 is 9.47 Å². The Morgan fingerprint density at radius 2 is 2.08 bits per heavy atom. The first-order valence-corrected chi connectivity index (χ1v) is 8.49. The molecule has 0 saturated carbocycles. The van der Waals surface area contributed by atoms with Crippen LogP contribution in [-0.2, 0) is 17.4 Å². The number of nitrogens with zero attached hydrogens (tertiary/aromatic N) is 3. The first-order chi connectivity index (χ1) is 11.5. The van der Waals surface area contributed by atoms with E-state index in [4.69, 9.17) is 9.47 Å². The van der Waals surface area contributed by atoms with Gasteiger partial charge in [0, 0.05) is 38.4 Å². The molecule has 1 aliphatic rings. The summed E-state index contributed by atoms with van der Waals surface area (Å²) in [6, 6.07) is 8.38. The third-order valence-electron chi connectivity index (χ3n) is 4.89. The van der Waals surface area contributed by atoms with E-state index in [9.17, 15) is 0 Å². The van der Waals surface area contributed by atoms with Gasteiger partial charge in [-0.2, -0.15) is 5.10 Å². The summed E-state index contributed by atoms with van der Waals surface area (Å²) in [5.74, 6) is 1.37. The monoisotopic (exact) mass is 329 g/mol. The normalized spacial score (nSPS) is 23.2. The molecule has 2 atom stereocenters. The van der Waals surface area contributed by atoms with Crippen molar-refractivity contribution >= 4 is 0 Å². The predicted molar refractivity (Wildman–Crippen MR) is 94.4 cm³/mol. The minimum Gasteiger partial charge on any atom is -0.497 e. The maximum atomic E-state index is 6.10. The SMILES string of the molecule is COc1ccc([C@H](C)CN2CCO[C@@](C)(c3cnn(C)c3)C2)cc1. The molecule has 24 heavy (non-hydrogen) atoms. The van der Waals surface area contributed by atoms with Gasteiger partial charge in [0.2, 0.25) is 0 Å². The van der Waals surface area contributed by atoms with Crippen LogP contribution in [0.25, 0.3) is 0 Å². The van der Waals surface area contributed by atoms with Gasteiger partial charge in [-0.3, -0.25) is 9.58 Å². The van der Waals surface area contributed by atoms with Crippen molar-refractivity contribution in [2.75, 3.05) is 33.4 Å². The average molecular weight is 329 g/mol. The van der Waals surface area contributed by atoms with Crippen molar-refractivity contribution in [1.29, 1.82) is 0 Å². The molecular weight excluding hydrogens is 302 g/mol. The van der Waals surface area contributed by atoms with Crippen LogP contribution in [0, 0.1) is 0 Å². The maximum Gasteiger partial charge on any atom is 0.118 e. The van der Waals surface area contributed by atoms with Crippen LogP contribution in [0.2, 0.25) is 0 Å². The summed E-state index contributed by atoms with van der Waals surface area (Å²) < 4.78 is 13.2. The zero-order valence-corrected chi connectivity index (χ0v) is 15.0. The Morgan fingerprint density at radius 3 is 2.71 bits per heavy atom. The number of hydrogen-bond acceptors (Lipinski definition) is 4. The standard InChI is InChI=1S/C19H27N3O2/c1-15(16-5-7-18(23-4)8-6-16)12-22-9-10-24-19(2,14-22)17-11-20-21(3)13-17/h5-8,11,13,15H,9-10,12,14H2,1-4H3/t15-,19-/m1/s1. The van der Waals surface area contributed by atoms with Gasteiger partial charge in [-0.15, -0.1) is 0 Å². The zero-order valence-electron chi connectivity index (χ0n) is 15.0. The summed E-state index contributed by atoms with van der Waals surface area (Å²) in [6.07, 6.45) is 3.97. The molecule has 1 fully saturated rings. The first kappa shape index (κ1) is 17.0. The molecule has 0 spiro atoms. The van der Waals surface area contributed by atoms with Crippen LogP contribution in [0.4, 0.5) is 0 Å². The van der Waals surface area contributed by atoms with E-state index >= 15 is 0 Å². The van der Waals surface area contributed by atoms with E-state index in [1.807, 2.05) is 30.1 Å². The molecular formula is C19H27N3O2. The lowest BCUT2D eigenvalue weighted by atomic mass is 9.95. The lowest BCUT2D eigenvalue weighted by Crippen LogP contribution is -2.49. The van der Waals surface area contributed by atoms with E-state index in [1.54, 1.807) is 7.11 Å². The molecule has 0 radical (unpaired) electrons. The van der Waals surface area contributed by atoms with E-state index in [0.717, 1.165) is 37.6 Å².